The summed E-state index contributed by atoms with van der Waals surface area (Å²) >= 11 is 1.31. The SMILES string of the molecule is Cc1nc(-c2ccccc2)sc1C(=O)NCCC(=O)O. The molecule has 0 aliphatic rings. The van der Waals surface area contributed by atoms with Gasteiger partial charge in [0.2, 0.25) is 0 Å². The number of hydrogen-bond acceptors (Lipinski definition) is 4. The van der Waals surface area contributed by atoms with E-state index >= 15 is 0 Å². The van der Waals surface area contributed by atoms with E-state index < -0.39 is 5.97 Å². The third kappa shape index (κ3) is 3.42. The van der Waals surface area contributed by atoms with Gasteiger partial charge in [-0.05, 0) is 6.92 Å². The van der Waals surface area contributed by atoms with Crippen LogP contribution in [0.5, 0.6) is 0 Å². The highest BCUT2D eigenvalue weighted by Crippen LogP contribution is 2.27. The van der Waals surface area contributed by atoms with Crippen LogP contribution in [0.25, 0.3) is 10.6 Å². The van der Waals surface area contributed by atoms with E-state index in [1.165, 1.54) is 11.3 Å². The number of carbonyl (C=O) groups is 2. The third-order valence-corrected chi connectivity index (χ3v) is 3.85. The summed E-state index contributed by atoms with van der Waals surface area (Å²) in [5.74, 6) is -1.21. The lowest BCUT2D eigenvalue weighted by molar-refractivity contribution is -0.136. The zero-order chi connectivity index (χ0) is 14.5. The van der Waals surface area contributed by atoms with Crippen molar-refractivity contribution >= 4 is 23.2 Å². The van der Waals surface area contributed by atoms with Crippen LogP contribution in [0.3, 0.4) is 0 Å². The molecule has 104 valence electrons. The van der Waals surface area contributed by atoms with E-state index in [9.17, 15) is 9.59 Å². The van der Waals surface area contributed by atoms with Gasteiger partial charge in [-0.1, -0.05) is 30.3 Å². The molecule has 1 aromatic heterocycles. The molecule has 1 amide bonds. The molecule has 20 heavy (non-hydrogen) atoms. The van der Waals surface area contributed by atoms with Crippen molar-refractivity contribution in [3.63, 3.8) is 0 Å². The molecule has 2 aromatic rings. The summed E-state index contributed by atoms with van der Waals surface area (Å²) in [5.41, 5.74) is 1.62. The van der Waals surface area contributed by atoms with Crippen molar-refractivity contribution in [3.8, 4) is 10.6 Å². The summed E-state index contributed by atoms with van der Waals surface area (Å²) in [6.45, 7) is 1.89. The van der Waals surface area contributed by atoms with Crippen LogP contribution < -0.4 is 5.32 Å². The third-order valence-electron chi connectivity index (χ3n) is 2.65. The van der Waals surface area contributed by atoms with Crippen LogP contribution in [-0.4, -0.2) is 28.5 Å². The first-order valence-electron chi connectivity index (χ1n) is 6.11. The second-order valence-corrected chi connectivity index (χ2v) is 5.20. The quantitative estimate of drug-likeness (QED) is 0.885. The first-order valence-corrected chi connectivity index (χ1v) is 6.92. The van der Waals surface area contributed by atoms with Gasteiger partial charge in [0.1, 0.15) is 9.88 Å². The number of thiazole rings is 1. The van der Waals surface area contributed by atoms with Gasteiger partial charge in [0.05, 0.1) is 12.1 Å². The van der Waals surface area contributed by atoms with Crippen LogP contribution in [0.4, 0.5) is 0 Å². The minimum absolute atomic E-state index is 0.0882. The topological polar surface area (TPSA) is 79.3 Å². The number of nitrogens with one attached hydrogen (secondary N) is 1. The van der Waals surface area contributed by atoms with Crippen LogP contribution in [0.15, 0.2) is 30.3 Å². The summed E-state index contributed by atoms with van der Waals surface area (Å²) in [6.07, 6.45) is -0.0882. The number of carbonyl (C=O) groups excluding carboxylic acids is 1. The van der Waals surface area contributed by atoms with Gasteiger partial charge in [0, 0.05) is 12.1 Å². The molecule has 6 heteroatoms. The Morgan fingerprint density at radius 2 is 2.00 bits per heavy atom. The standard InChI is InChI=1S/C14H14N2O3S/c1-9-12(13(19)15-8-7-11(17)18)20-14(16-9)10-5-3-2-4-6-10/h2-6H,7-8H2,1H3,(H,15,19)(H,17,18). The van der Waals surface area contributed by atoms with Gasteiger partial charge < -0.3 is 10.4 Å². The number of aryl methyl sites for hydroxylation is 1. The predicted molar refractivity (Wildman–Crippen MR) is 76.9 cm³/mol. The molecule has 2 rings (SSSR count). The van der Waals surface area contributed by atoms with E-state index in [2.05, 4.69) is 10.3 Å². The number of nitrogens with zero attached hydrogens (tertiary/aromatic N) is 1. The van der Waals surface area contributed by atoms with Gasteiger partial charge in [0.15, 0.2) is 0 Å². The molecule has 0 unspecified atom stereocenters. The Labute approximate surface area is 120 Å². The summed E-state index contributed by atoms with van der Waals surface area (Å²) in [4.78, 5) is 27.3. The van der Waals surface area contributed by atoms with Gasteiger partial charge in [-0.25, -0.2) is 4.98 Å². The molecule has 2 N–H and O–H groups in total. The Bertz CT molecular complexity index is 623. The van der Waals surface area contributed by atoms with Crippen LogP contribution in [0.2, 0.25) is 0 Å². The minimum Gasteiger partial charge on any atom is -0.481 e. The monoisotopic (exact) mass is 290 g/mol. The summed E-state index contributed by atoms with van der Waals surface area (Å²) in [5, 5.41) is 11.9. The van der Waals surface area contributed by atoms with Crippen molar-refractivity contribution in [2.24, 2.45) is 0 Å². The van der Waals surface area contributed by atoms with Gasteiger partial charge >= 0.3 is 5.97 Å². The van der Waals surface area contributed by atoms with Crippen LogP contribution in [0.1, 0.15) is 21.8 Å². The minimum atomic E-state index is -0.934. The molecule has 0 aliphatic heterocycles. The average molecular weight is 290 g/mol. The first-order chi connectivity index (χ1) is 9.58. The highest BCUT2D eigenvalue weighted by molar-refractivity contribution is 7.17. The Hall–Kier alpha value is -2.21. The lowest BCUT2D eigenvalue weighted by Gasteiger charge is -2.01. The maximum Gasteiger partial charge on any atom is 0.305 e. The Balaban J connectivity index is 2.11. The van der Waals surface area contributed by atoms with Gasteiger partial charge in [0.25, 0.3) is 5.91 Å². The highest BCUT2D eigenvalue weighted by atomic mass is 32.1. The molecule has 1 aromatic carbocycles. The molecular formula is C14H14N2O3S. The van der Waals surface area contributed by atoms with Crippen LogP contribution in [-0.2, 0) is 4.79 Å². The summed E-state index contributed by atoms with van der Waals surface area (Å²) in [6, 6.07) is 9.62. The van der Waals surface area contributed by atoms with Crippen LogP contribution >= 0.6 is 11.3 Å². The lowest BCUT2D eigenvalue weighted by Crippen LogP contribution is -2.25. The molecule has 5 nitrogen and oxygen atoms in total. The Morgan fingerprint density at radius 3 is 2.65 bits per heavy atom. The van der Waals surface area contributed by atoms with Crippen molar-refractivity contribution in [2.75, 3.05) is 6.54 Å². The molecule has 0 saturated heterocycles. The van der Waals surface area contributed by atoms with E-state index in [-0.39, 0.29) is 18.9 Å². The van der Waals surface area contributed by atoms with Crippen molar-refractivity contribution in [1.82, 2.24) is 10.3 Å². The molecule has 0 atom stereocenters. The Kier molecular flexibility index (Phi) is 4.47. The average Bonchev–Trinajstić information content (AvgIpc) is 2.81. The van der Waals surface area contributed by atoms with Crippen molar-refractivity contribution < 1.29 is 14.7 Å². The second kappa shape index (κ2) is 6.29. The molecule has 0 aliphatic carbocycles. The molecule has 0 spiro atoms. The number of amides is 1. The van der Waals surface area contributed by atoms with Gasteiger partial charge in [-0.2, -0.15) is 0 Å². The highest BCUT2D eigenvalue weighted by Gasteiger charge is 2.15. The maximum atomic E-state index is 12.0. The van der Waals surface area contributed by atoms with E-state index in [0.29, 0.717) is 10.6 Å². The zero-order valence-corrected chi connectivity index (χ0v) is 11.7. The van der Waals surface area contributed by atoms with E-state index in [4.69, 9.17) is 5.11 Å². The fourth-order valence-corrected chi connectivity index (χ4v) is 2.66. The fourth-order valence-electron chi connectivity index (χ4n) is 1.67. The number of benzene rings is 1. The van der Waals surface area contributed by atoms with E-state index in [1.807, 2.05) is 30.3 Å². The van der Waals surface area contributed by atoms with Crippen molar-refractivity contribution in [3.05, 3.63) is 40.9 Å². The second-order valence-electron chi connectivity index (χ2n) is 4.20. The van der Waals surface area contributed by atoms with Gasteiger partial charge in [-0.3, -0.25) is 9.59 Å². The molecule has 0 radical (unpaired) electrons. The molecule has 1 heterocycles. The fraction of sp³-hybridized carbons (Fsp3) is 0.214. The maximum absolute atomic E-state index is 12.0. The number of carboxylic acid groups (broad SMARTS) is 1. The number of carboxylic acids is 1. The predicted octanol–water partition coefficient (Wildman–Crippen LogP) is 2.32. The largest absolute Gasteiger partial charge is 0.481 e. The zero-order valence-electron chi connectivity index (χ0n) is 10.9. The lowest BCUT2D eigenvalue weighted by atomic mass is 10.2. The van der Waals surface area contributed by atoms with Crippen molar-refractivity contribution in [1.29, 1.82) is 0 Å². The number of aromatic nitrogens is 1. The first kappa shape index (κ1) is 14.2. The van der Waals surface area contributed by atoms with Gasteiger partial charge in [-0.15, -0.1) is 11.3 Å². The smallest absolute Gasteiger partial charge is 0.305 e. The van der Waals surface area contributed by atoms with E-state index in [0.717, 1.165) is 10.6 Å². The molecule has 0 fully saturated rings. The van der Waals surface area contributed by atoms with Crippen LogP contribution in [0, 0.1) is 6.92 Å². The Morgan fingerprint density at radius 1 is 1.30 bits per heavy atom. The normalized spacial score (nSPS) is 10.2. The number of rotatable bonds is 5. The van der Waals surface area contributed by atoms with Crippen molar-refractivity contribution in [2.45, 2.75) is 13.3 Å². The summed E-state index contributed by atoms with van der Waals surface area (Å²) in [7, 11) is 0. The number of hydrogen-bond donors (Lipinski definition) is 2. The molecule has 0 bridgehead atoms. The summed E-state index contributed by atoms with van der Waals surface area (Å²) < 4.78 is 0. The van der Waals surface area contributed by atoms with E-state index in [1.54, 1.807) is 6.92 Å². The molecular weight excluding hydrogens is 276 g/mol. The molecule has 0 saturated carbocycles. The number of aliphatic carboxylic acids is 1.